The lowest BCUT2D eigenvalue weighted by atomic mass is 9.81. The number of hydrogen-bond donors (Lipinski definition) is 1. The molecule has 0 bridgehead atoms. The van der Waals surface area contributed by atoms with Crippen LogP contribution < -0.4 is 5.73 Å². The Labute approximate surface area is 187 Å². The molecule has 2 amide bonds. The fourth-order valence-electron chi connectivity index (χ4n) is 3.51. The molecule has 3 atom stereocenters. The van der Waals surface area contributed by atoms with Gasteiger partial charge in [-0.25, -0.2) is 0 Å². The predicted molar refractivity (Wildman–Crippen MR) is 123 cm³/mol. The molecule has 0 aliphatic carbocycles. The van der Waals surface area contributed by atoms with Gasteiger partial charge in [-0.15, -0.1) is 0 Å². The first-order chi connectivity index (χ1) is 14.4. The van der Waals surface area contributed by atoms with Gasteiger partial charge in [-0.1, -0.05) is 78.3 Å². The van der Waals surface area contributed by atoms with Crippen LogP contribution in [0.25, 0.3) is 0 Å². The third-order valence-electron chi connectivity index (χ3n) is 5.51. The van der Waals surface area contributed by atoms with Crippen LogP contribution in [0.1, 0.15) is 66.4 Å². The van der Waals surface area contributed by atoms with E-state index in [2.05, 4.69) is 0 Å². The van der Waals surface area contributed by atoms with Crippen molar-refractivity contribution >= 4 is 17.8 Å². The van der Waals surface area contributed by atoms with Crippen LogP contribution in [-0.2, 0) is 25.7 Å². The van der Waals surface area contributed by atoms with Crippen molar-refractivity contribution in [2.45, 2.75) is 73.5 Å². The van der Waals surface area contributed by atoms with Crippen molar-refractivity contribution in [2.24, 2.45) is 28.9 Å². The summed E-state index contributed by atoms with van der Waals surface area (Å²) in [5.74, 6) is -2.26. The van der Waals surface area contributed by atoms with Crippen LogP contribution in [0.3, 0.4) is 0 Å². The zero-order chi connectivity index (χ0) is 23.8. The molecular formula is C25H40N2O4. The first kappa shape index (κ1) is 26.8. The number of amides is 2. The standard InChI is InChI=1S/C25H40N2O4/c1-8-12-19(24(30)31-16-18-13-10-9-11-14-18)20(15-17(2)3)22(28)27(7)23(29)21(26)25(4,5)6/h9-11,13-14,17,19-21H,8,12,15-16,26H2,1-7H3/t19?,20-,21-/m1/s1. The van der Waals surface area contributed by atoms with Crippen molar-refractivity contribution in [3.63, 3.8) is 0 Å². The van der Waals surface area contributed by atoms with Crippen LogP contribution in [0.2, 0.25) is 0 Å². The summed E-state index contributed by atoms with van der Waals surface area (Å²) < 4.78 is 5.58. The topological polar surface area (TPSA) is 89.7 Å². The lowest BCUT2D eigenvalue weighted by Crippen LogP contribution is -2.53. The summed E-state index contributed by atoms with van der Waals surface area (Å²) in [7, 11) is 1.46. The SMILES string of the molecule is CCCC(C(=O)OCc1ccccc1)[C@@H](CC(C)C)C(=O)N(C)C(=O)[C@@H](N)C(C)(C)C. The Hall–Kier alpha value is -2.21. The molecule has 1 rings (SSSR count). The number of nitrogens with two attached hydrogens (primary N) is 1. The van der Waals surface area contributed by atoms with Gasteiger partial charge in [-0.2, -0.15) is 0 Å². The maximum atomic E-state index is 13.4. The number of likely N-dealkylation sites (N-methyl/N-ethyl adjacent to an activating group) is 1. The van der Waals surface area contributed by atoms with Crippen LogP contribution in [0.5, 0.6) is 0 Å². The van der Waals surface area contributed by atoms with E-state index in [1.54, 1.807) is 0 Å². The molecule has 174 valence electrons. The van der Waals surface area contributed by atoms with Crippen molar-refractivity contribution in [3.8, 4) is 0 Å². The second-order valence-electron chi connectivity index (χ2n) is 9.80. The normalized spacial score (nSPS) is 14.6. The molecular weight excluding hydrogens is 392 g/mol. The van der Waals surface area contributed by atoms with Gasteiger partial charge in [0.25, 0.3) is 0 Å². The van der Waals surface area contributed by atoms with Gasteiger partial charge in [0.05, 0.1) is 17.9 Å². The van der Waals surface area contributed by atoms with Crippen LogP contribution in [0, 0.1) is 23.2 Å². The Balaban J connectivity index is 3.08. The summed E-state index contributed by atoms with van der Waals surface area (Å²) in [5, 5.41) is 0. The molecule has 1 aromatic rings. The van der Waals surface area contributed by atoms with Gasteiger partial charge >= 0.3 is 5.97 Å². The van der Waals surface area contributed by atoms with Gasteiger partial charge in [-0.3, -0.25) is 19.3 Å². The van der Waals surface area contributed by atoms with Crippen molar-refractivity contribution in [1.82, 2.24) is 4.90 Å². The number of benzene rings is 1. The molecule has 0 saturated heterocycles. The second-order valence-corrected chi connectivity index (χ2v) is 9.80. The molecule has 2 N–H and O–H groups in total. The third-order valence-corrected chi connectivity index (χ3v) is 5.51. The van der Waals surface area contributed by atoms with Crippen LogP contribution in [0.15, 0.2) is 30.3 Å². The largest absolute Gasteiger partial charge is 0.461 e. The molecule has 0 spiro atoms. The Kier molecular flexibility index (Phi) is 10.4. The Morgan fingerprint density at radius 3 is 2.10 bits per heavy atom. The molecule has 6 heteroatoms. The number of carbonyl (C=O) groups is 3. The summed E-state index contributed by atoms with van der Waals surface area (Å²) in [5.41, 5.74) is 6.52. The average molecular weight is 433 g/mol. The van der Waals surface area contributed by atoms with E-state index in [9.17, 15) is 14.4 Å². The van der Waals surface area contributed by atoms with Gasteiger partial charge in [0.15, 0.2) is 0 Å². The zero-order valence-corrected chi connectivity index (χ0v) is 20.2. The molecule has 1 aromatic carbocycles. The highest BCUT2D eigenvalue weighted by atomic mass is 16.5. The molecule has 1 unspecified atom stereocenters. The molecule has 0 radical (unpaired) electrons. The highest BCUT2D eigenvalue weighted by Crippen LogP contribution is 2.29. The molecule has 0 aliphatic rings. The quantitative estimate of drug-likeness (QED) is 0.561. The van der Waals surface area contributed by atoms with Crippen LogP contribution in [-0.4, -0.2) is 35.8 Å². The van der Waals surface area contributed by atoms with Crippen molar-refractivity contribution < 1.29 is 19.1 Å². The smallest absolute Gasteiger partial charge is 0.310 e. The highest BCUT2D eigenvalue weighted by Gasteiger charge is 2.40. The molecule has 6 nitrogen and oxygen atoms in total. The zero-order valence-electron chi connectivity index (χ0n) is 20.2. The van der Waals surface area contributed by atoms with Gasteiger partial charge in [-0.05, 0) is 29.7 Å². The van der Waals surface area contributed by atoms with E-state index >= 15 is 0 Å². The Morgan fingerprint density at radius 2 is 1.61 bits per heavy atom. The molecule has 0 saturated carbocycles. The Bertz CT molecular complexity index is 725. The molecule has 0 aromatic heterocycles. The first-order valence-electron chi connectivity index (χ1n) is 11.2. The van der Waals surface area contributed by atoms with Crippen molar-refractivity contribution in [2.75, 3.05) is 7.05 Å². The van der Waals surface area contributed by atoms with Crippen LogP contribution >= 0.6 is 0 Å². The molecule has 0 fully saturated rings. The second kappa shape index (κ2) is 12.0. The summed E-state index contributed by atoms with van der Waals surface area (Å²) in [6.07, 6.45) is 1.74. The minimum atomic E-state index is -0.809. The van der Waals surface area contributed by atoms with E-state index in [0.717, 1.165) is 16.9 Å². The Morgan fingerprint density at radius 1 is 1.03 bits per heavy atom. The van der Waals surface area contributed by atoms with E-state index in [1.165, 1.54) is 7.05 Å². The fourth-order valence-corrected chi connectivity index (χ4v) is 3.51. The maximum absolute atomic E-state index is 13.4. The summed E-state index contributed by atoms with van der Waals surface area (Å²) >= 11 is 0. The monoisotopic (exact) mass is 432 g/mol. The molecule has 0 aliphatic heterocycles. The number of hydrogen-bond acceptors (Lipinski definition) is 5. The molecule has 0 heterocycles. The van der Waals surface area contributed by atoms with Crippen molar-refractivity contribution in [3.05, 3.63) is 35.9 Å². The number of ether oxygens (including phenoxy) is 1. The summed E-state index contributed by atoms with van der Waals surface area (Å²) in [6, 6.07) is 8.64. The lowest BCUT2D eigenvalue weighted by molar-refractivity contribution is -0.159. The third kappa shape index (κ3) is 8.09. The van der Waals surface area contributed by atoms with E-state index in [4.69, 9.17) is 10.5 Å². The van der Waals surface area contributed by atoms with E-state index in [0.29, 0.717) is 12.8 Å². The van der Waals surface area contributed by atoms with Crippen molar-refractivity contribution in [1.29, 1.82) is 0 Å². The highest BCUT2D eigenvalue weighted by molar-refractivity contribution is 6.00. The minimum absolute atomic E-state index is 0.159. The number of esters is 1. The van der Waals surface area contributed by atoms with Gasteiger partial charge in [0.1, 0.15) is 6.61 Å². The van der Waals surface area contributed by atoms with Gasteiger partial charge < -0.3 is 10.5 Å². The summed E-state index contributed by atoms with van der Waals surface area (Å²) in [6.45, 7) is 11.7. The lowest BCUT2D eigenvalue weighted by Gasteiger charge is -2.33. The number of carbonyl (C=O) groups excluding carboxylic acids is 3. The number of imide groups is 1. The maximum Gasteiger partial charge on any atom is 0.310 e. The fraction of sp³-hybridized carbons (Fsp3) is 0.640. The van der Waals surface area contributed by atoms with Gasteiger partial charge in [0, 0.05) is 7.05 Å². The van der Waals surface area contributed by atoms with Gasteiger partial charge in [0.2, 0.25) is 11.8 Å². The number of rotatable bonds is 10. The average Bonchev–Trinajstić information content (AvgIpc) is 2.72. The predicted octanol–water partition coefficient (Wildman–Crippen LogP) is 4.17. The first-order valence-corrected chi connectivity index (χ1v) is 11.2. The summed E-state index contributed by atoms with van der Waals surface area (Å²) in [4.78, 5) is 40.4. The van der Waals surface area contributed by atoms with Crippen LogP contribution in [0.4, 0.5) is 0 Å². The minimum Gasteiger partial charge on any atom is -0.461 e. The van der Waals surface area contributed by atoms with E-state index in [-0.39, 0.29) is 18.4 Å². The van der Waals surface area contributed by atoms with E-state index in [1.807, 2.05) is 71.9 Å². The van der Waals surface area contributed by atoms with E-state index < -0.39 is 35.2 Å². The number of nitrogens with zero attached hydrogens (tertiary/aromatic N) is 1. The molecule has 31 heavy (non-hydrogen) atoms.